The van der Waals surface area contributed by atoms with E-state index in [1.165, 1.54) is 10.9 Å². The molecule has 0 spiro atoms. The Labute approximate surface area is 105 Å². The number of benzene rings is 1. The van der Waals surface area contributed by atoms with Gasteiger partial charge < -0.3 is 5.32 Å². The molecule has 3 heteroatoms. The maximum absolute atomic E-state index is 13.7. The molecule has 0 aliphatic carbocycles. The van der Waals surface area contributed by atoms with E-state index in [4.69, 9.17) is 0 Å². The lowest BCUT2D eigenvalue weighted by Crippen LogP contribution is -2.18. The molecule has 1 heterocycles. The zero-order chi connectivity index (χ0) is 12.1. The van der Waals surface area contributed by atoms with E-state index < -0.39 is 0 Å². The van der Waals surface area contributed by atoms with Crippen LogP contribution >= 0.6 is 11.3 Å². The first kappa shape index (κ1) is 12.3. The lowest BCUT2D eigenvalue weighted by atomic mass is 10.0. The lowest BCUT2D eigenvalue weighted by molar-refractivity contribution is 0.510. The summed E-state index contributed by atoms with van der Waals surface area (Å²) in [7, 11) is 1.88. The largest absolute Gasteiger partial charge is 0.313 e. The van der Waals surface area contributed by atoms with Crippen LogP contribution in [0.4, 0.5) is 4.39 Å². The molecule has 0 bridgehead atoms. The fourth-order valence-corrected chi connectivity index (χ4v) is 2.68. The van der Waals surface area contributed by atoms with Gasteiger partial charge >= 0.3 is 0 Å². The van der Waals surface area contributed by atoms with Crippen molar-refractivity contribution in [2.75, 3.05) is 7.05 Å². The Morgan fingerprint density at radius 1 is 1.24 bits per heavy atom. The average molecular weight is 249 g/mol. The van der Waals surface area contributed by atoms with Gasteiger partial charge in [-0.05, 0) is 37.4 Å². The number of thiophene rings is 1. The van der Waals surface area contributed by atoms with Gasteiger partial charge in [-0.1, -0.05) is 24.3 Å². The molecule has 90 valence electrons. The second-order valence-electron chi connectivity index (χ2n) is 3.98. The molecular formula is C14H16FNS. The van der Waals surface area contributed by atoms with Crippen LogP contribution in [0.25, 0.3) is 0 Å². The minimum Gasteiger partial charge on any atom is -0.313 e. The molecule has 0 radical (unpaired) electrons. The van der Waals surface area contributed by atoms with E-state index in [0.717, 1.165) is 18.4 Å². The van der Waals surface area contributed by atoms with E-state index in [1.807, 2.05) is 19.2 Å². The SMILES string of the molecule is CNC(CCc1cccs1)c1ccccc1F. The molecule has 0 saturated heterocycles. The zero-order valence-electron chi connectivity index (χ0n) is 9.82. The van der Waals surface area contributed by atoms with Crippen molar-refractivity contribution in [1.82, 2.24) is 5.32 Å². The van der Waals surface area contributed by atoms with E-state index in [2.05, 4.69) is 22.8 Å². The average Bonchev–Trinajstić information content (AvgIpc) is 2.85. The minimum atomic E-state index is -0.127. The second kappa shape index (κ2) is 5.94. The quantitative estimate of drug-likeness (QED) is 0.850. The molecule has 0 aliphatic rings. The number of hydrogen-bond acceptors (Lipinski definition) is 2. The fraction of sp³-hybridized carbons (Fsp3) is 0.286. The Morgan fingerprint density at radius 2 is 2.06 bits per heavy atom. The standard InChI is InChI=1S/C14H16FNS/c1-16-14(9-8-11-5-4-10-17-11)12-6-2-3-7-13(12)15/h2-7,10,14,16H,8-9H2,1H3. The monoisotopic (exact) mass is 249 g/mol. The topological polar surface area (TPSA) is 12.0 Å². The maximum Gasteiger partial charge on any atom is 0.127 e. The van der Waals surface area contributed by atoms with Crippen molar-refractivity contribution < 1.29 is 4.39 Å². The third-order valence-corrected chi connectivity index (χ3v) is 3.82. The van der Waals surface area contributed by atoms with Crippen molar-refractivity contribution >= 4 is 11.3 Å². The summed E-state index contributed by atoms with van der Waals surface area (Å²) in [5, 5.41) is 5.26. The first-order chi connectivity index (χ1) is 8.31. The summed E-state index contributed by atoms with van der Waals surface area (Å²) in [5.41, 5.74) is 0.756. The minimum absolute atomic E-state index is 0.0818. The molecule has 0 saturated carbocycles. The van der Waals surface area contributed by atoms with Gasteiger partial charge in [0, 0.05) is 16.5 Å². The summed E-state index contributed by atoms with van der Waals surface area (Å²) in [6.45, 7) is 0. The van der Waals surface area contributed by atoms with Gasteiger partial charge in [-0.25, -0.2) is 4.39 Å². The van der Waals surface area contributed by atoms with Gasteiger partial charge in [-0.2, -0.15) is 0 Å². The van der Waals surface area contributed by atoms with E-state index in [0.29, 0.717) is 0 Å². The van der Waals surface area contributed by atoms with Gasteiger partial charge in [0.2, 0.25) is 0 Å². The summed E-state index contributed by atoms with van der Waals surface area (Å²) < 4.78 is 13.7. The van der Waals surface area contributed by atoms with Crippen LogP contribution < -0.4 is 5.32 Å². The molecule has 2 aromatic rings. The van der Waals surface area contributed by atoms with Gasteiger partial charge in [-0.15, -0.1) is 11.3 Å². The van der Waals surface area contributed by atoms with Crippen molar-refractivity contribution in [3.8, 4) is 0 Å². The van der Waals surface area contributed by atoms with Gasteiger partial charge in [0.15, 0.2) is 0 Å². The number of nitrogens with one attached hydrogen (secondary N) is 1. The Kier molecular flexibility index (Phi) is 4.29. The van der Waals surface area contributed by atoms with Crippen LogP contribution in [0, 0.1) is 5.82 Å². The van der Waals surface area contributed by atoms with Crippen LogP contribution in [0.3, 0.4) is 0 Å². The highest BCUT2D eigenvalue weighted by atomic mass is 32.1. The summed E-state index contributed by atoms with van der Waals surface area (Å²) in [5.74, 6) is -0.127. The lowest BCUT2D eigenvalue weighted by Gasteiger charge is -2.16. The van der Waals surface area contributed by atoms with Crippen LogP contribution in [0.15, 0.2) is 41.8 Å². The van der Waals surface area contributed by atoms with Crippen molar-refractivity contribution in [2.45, 2.75) is 18.9 Å². The number of hydrogen-bond donors (Lipinski definition) is 1. The first-order valence-electron chi connectivity index (χ1n) is 5.75. The predicted octanol–water partition coefficient (Wildman–Crippen LogP) is 3.78. The molecule has 1 nitrogen and oxygen atoms in total. The molecule has 1 aromatic carbocycles. The van der Waals surface area contributed by atoms with Gasteiger partial charge in [-0.3, -0.25) is 0 Å². The maximum atomic E-state index is 13.7. The van der Waals surface area contributed by atoms with Crippen molar-refractivity contribution in [2.24, 2.45) is 0 Å². The number of rotatable bonds is 5. The summed E-state index contributed by atoms with van der Waals surface area (Å²) in [4.78, 5) is 1.35. The Balaban J connectivity index is 2.04. The molecule has 1 N–H and O–H groups in total. The van der Waals surface area contributed by atoms with Gasteiger partial charge in [0.05, 0.1) is 0 Å². The predicted molar refractivity (Wildman–Crippen MR) is 70.8 cm³/mol. The molecule has 2 rings (SSSR count). The highest BCUT2D eigenvalue weighted by Gasteiger charge is 2.13. The Hall–Kier alpha value is -1.19. The third-order valence-electron chi connectivity index (χ3n) is 2.89. The molecule has 0 fully saturated rings. The molecule has 1 unspecified atom stereocenters. The van der Waals surface area contributed by atoms with Crippen LogP contribution in [-0.4, -0.2) is 7.05 Å². The molecule has 0 amide bonds. The molecule has 1 aromatic heterocycles. The molecule has 1 atom stereocenters. The van der Waals surface area contributed by atoms with Crippen LogP contribution in [0.1, 0.15) is 22.9 Å². The summed E-state index contributed by atoms with van der Waals surface area (Å²) in [6.07, 6.45) is 1.90. The van der Waals surface area contributed by atoms with Gasteiger partial charge in [0.1, 0.15) is 5.82 Å². The Morgan fingerprint density at radius 3 is 2.71 bits per heavy atom. The van der Waals surface area contributed by atoms with E-state index in [9.17, 15) is 4.39 Å². The number of aryl methyl sites for hydroxylation is 1. The van der Waals surface area contributed by atoms with Crippen molar-refractivity contribution in [1.29, 1.82) is 0 Å². The summed E-state index contributed by atoms with van der Waals surface area (Å²) >= 11 is 1.75. The van der Waals surface area contributed by atoms with Crippen LogP contribution in [0.2, 0.25) is 0 Å². The molecule has 17 heavy (non-hydrogen) atoms. The molecular weight excluding hydrogens is 233 g/mol. The van der Waals surface area contributed by atoms with Gasteiger partial charge in [0.25, 0.3) is 0 Å². The van der Waals surface area contributed by atoms with Crippen molar-refractivity contribution in [3.05, 3.63) is 58.0 Å². The highest BCUT2D eigenvalue weighted by molar-refractivity contribution is 7.09. The van der Waals surface area contributed by atoms with Crippen molar-refractivity contribution in [3.63, 3.8) is 0 Å². The first-order valence-corrected chi connectivity index (χ1v) is 6.63. The highest BCUT2D eigenvalue weighted by Crippen LogP contribution is 2.22. The smallest absolute Gasteiger partial charge is 0.127 e. The zero-order valence-corrected chi connectivity index (χ0v) is 10.6. The van der Waals surface area contributed by atoms with E-state index >= 15 is 0 Å². The molecule has 0 aliphatic heterocycles. The van der Waals surface area contributed by atoms with Crippen LogP contribution in [0.5, 0.6) is 0 Å². The second-order valence-corrected chi connectivity index (χ2v) is 5.01. The Bertz CT molecular complexity index is 453. The summed E-state index contributed by atoms with van der Waals surface area (Å²) in [6, 6.07) is 11.2. The third kappa shape index (κ3) is 3.14. The van der Waals surface area contributed by atoms with Crippen LogP contribution in [-0.2, 0) is 6.42 Å². The van der Waals surface area contributed by atoms with E-state index in [1.54, 1.807) is 17.4 Å². The normalized spacial score (nSPS) is 12.6. The fourth-order valence-electron chi connectivity index (χ4n) is 1.95. The number of halogens is 1. The van der Waals surface area contributed by atoms with E-state index in [-0.39, 0.29) is 11.9 Å².